The van der Waals surface area contributed by atoms with Crippen LogP contribution < -0.4 is 5.73 Å². The van der Waals surface area contributed by atoms with Crippen molar-refractivity contribution in [1.29, 1.82) is 0 Å². The van der Waals surface area contributed by atoms with Crippen LogP contribution in [0, 0.1) is 5.92 Å². The molecule has 5 nitrogen and oxygen atoms in total. The summed E-state index contributed by atoms with van der Waals surface area (Å²) in [6.07, 6.45) is 3.39. The van der Waals surface area contributed by atoms with Crippen LogP contribution in [0.3, 0.4) is 0 Å². The van der Waals surface area contributed by atoms with Crippen molar-refractivity contribution >= 4 is 22.7 Å². The van der Waals surface area contributed by atoms with E-state index in [9.17, 15) is 9.59 Å². The smallest absolute Gasteiger partial charge is 0.256 e. The normalized spacial score (nSPS) is 22.4. The summed E-state index contributed by atoms with van der Waals surface area (Å²) in [7, 11) is 0. The van der Waals surface area contributed by atoms with E-state index in [1.54, 1.807) is 4.90 Å². The Morgan fingerprint density at radius 3 is 2.86 bits per heavy atom. The van der Waals surface area contributed by atoms with E-state index in [-0.39, 0.29) is 23.8 Å². The maximum absolute atomic E-state index is 12.8. The van der Waals surface area contributed by atoms with Crippen molar-refractivity contribution in [2.45, 2.75) is 25.8 Å². The Morgan fingerprint density at radius 1 is 1.29 bits per heavy atom. The molecule has 110 valence electrons. The molecule has 0 radical (unpaired) electrons. The lowest BCUT2D eigenvalue weighted by Gasteiger charge is -2.37. The summed E-state index contributed by atoms with van der Waals surface area (Å²) in [5.41, 5.74) is 6.90. The number of amides is 2. The number of rotatable bonds is 2. The molecule has 1 aromatic carbocycles. The Hall–Kier alpha value is -2.30. The van der Waals surface area contributed by atoms with Gasteiger partial charge in [0, 0.05) is 24.2 Å². The van der Waals surface area contributed by atoms with Gasteiger partial charge in [0.15, 0.2) is 0 Å². The van der Waals surface area contributed by atoms with Gasteiger partial charge in [-0.05, 0) is 31.9 Å². The van der Waals surface area contributed by atoms with Crippen molar-refractivity contribution in [1.82, 2.24) is 9.88 Å². The number of piperidine rings is 1. The van der Waals surface area contributed by atoms with Crippen molar-refractivity contribution in [3.8, 4) is 0 Å². The average Bonchev–Trinajstić information content (AvgIpc) is 2.95. The third kappa shape index (κ3) is 2.39. The lowest BCUT2D eigenvalue weighted by Crippen LogP contribution is -2.48. The second kappa shape index (κ2) is 5.24. The zero-order valence-corrected chi connectivity index (χ0v) is 12.0. The second-order valence-electron chi connectivity index (χ2n) is 5.73. The van der Waals surface area contributed by atoms with E-state index in [1.165, 1.54) is 0 Å². The van der Waals surface area contributed by atoms with Crippen LogP contribution in [0.5, 0.6) is 0 Å². The predicted octanol–water partition coefficient (Wildman–Crippen LogP) is 1.89. The van der Waals surface area contributed by atoms with Crippen molar-refractivity contribution < 1.29 is 9.59 Å². The molecule has 0 spiro atoms. The molecule has 1 aliphatic heterocycles. The molecule has 1 saturated heterocycles. The maximum atomic E-state index is 12.8. The lowest BCUT2D eigenvalue weighted by atomic mass is 9.92. The van der Waals surface area contributed by atoms with Gasteiger partial charge in [0.25, 0.3) is 5.91 Å². The molecule has 2 heterocycles. The molecular weight excluding hydrogens is 266 g/mol. The Labute approximate surface area is 123 Å². The first-order chi connectivity index (χ1) is 10.1. The summed E-state index contributed by atoms with van der Waals surface area (Å²) in [4.78, 5) is 29.1. The quantitative estimate of drug-likeness (QED) is 0.883. The van der Waals surface area contributed by atoms with E-state index in [1.807, 2.05) is 37.4 Å². The first-order valence-corrected chi connectivity index (χ1v) is 7.24. The second-order valence-corrected chi connectivity index (χ2v) is 5.73. The number of H-pyrrole nitrogens is 1. The topological polar surface area (TPSA) is 79.2 Å². The van der Waals surface area contributed by atoms with Crippen LogP contribution in [0.25, 0.3) is 10.9 Å². The van der Waals surface area contributed by atoms with E-state index in [2.05, 4.69) is 4.98 Å². The maximum Gasteiger partial charge on any atom is 0.256 e. The van der Waals surface area contributed by atoms with Gasteiger partial charge in [-0.15, -0.1) is 0 Å². The van der Waals surface area contributed by atoms with Crippen LogP contribution in [-0.4, -0.2) is 34.3 Å². The molecule has 0 bridgehead atoms. The fraction of sp³-hybridized carbons (Fsp3) is 0.375. The van der Waals surface area contributed by atoms with E-state index in [0.29, 0.717) is 12.1 Å². The number of hydrogen-bond donors (Lipinski definition) is 2. The molecule has 1 aromatic heterocycles. The van der Waals surface area contributed by atoms with Gasteiger partial charge < -0.3 is 15.6 Å². The number of nitrogens with one attached hydrogen (secondary N) is 1. The molecule has 0 saturated carbocycles. The average molecular weight is 285 g/mol. The van der Waals surface area contributed by atoms with Gasteiger partial charge >= 0.3 is 0 Å². The monoisotopic (exact) mass is 285 g/mol. The summed E-state index contributed by atoms with van der Waals surface area (Å²) in [5, 5.41) is 1.01. The number of aromatic nitrogens is 1. The zero-order valence-electron chi connectivity index (χ0n) is 12.0. The fourth-order valence-electron chi connectivity index (χ4n) is 3.04. The molecule has 3 N–H and O–H groups in total. The molecule has 0 aliphatic carbocycles. The Bertz CT molecular complexity index is 692. The summed E-state index contributed by atoms with van der Waals surface area (Å²) in [6.45, 7) is 2.43. The van der Waals surface area contributed by atoms with Gasteiger partial charge in [-0.25, -0.2) is 0 Å². The van der Waals surface area contributed by atoms with Gasteiger partial charge in [-0.1, -0.05) is 12.1 Å². The van der Waals surface area contributed by atoms with E-state index >= 15 is 0 Å². The number of hydrogen-bond acceptors (Lipinski definition) is 2. The first-order valence-electron chi connectivity index (χ1n) is 7.24. The van der Waals surface area contributed by atoms with Crippen LogP contribution in [0.15, 0.2) is 30.5 Å². The highest BCUT2D eigenvalue weighted by molar-refractivity contribution is 6.06. The summed E-state index contributed by atoms with van der Waals surface area (Å²) < 4.78 is 0. The Kier molecular flexibility index (Phi) is 3.41. The number of primary amides is 1. The summed E-state index contributed by atoms with van der Waals surface area (Å²) in [6, 6.07) is 7.73. The van der Waals surface area contributed by atoms with Gasteiger partial charge in [0.05, 0.1) is 17.0 Å². The van der Waals surface area contributed by atoms with Crippen molar-refractivity contribution in [3.05, 3.63) is 36.0 Å². The van der Waals surface area contributed by atoms with Gasteiger partial charge in [0.2, 0.25) is 5.91 Å². The van der Waals surface area contributed by atoms with Crippen LogP contribution >= 0.6 is 0 Å². The largest absolute Gasteiger partial charge is 0.369 e. The summed E-state index contributed by atoms with van der Waals surface area (Å²) in [5.74, 6) is -0.604. The molecule has 1 fully saturated rings. The number of aromatic amines is 1. The predicted molar refractivity (Wildman–Crippen MR) is 80.7 cm³/mol. The lowest BCUT2D eigenvalue weighted by molar-refractivity contribution is -0.123. The van der Waals surface area contributed by atoms with E-state index in [4.69, 9.17) is 5.73 Å². The number of nitrogens with zero attached hydrogens (tertiary/aromatic N) is 1. The molecule has 2 amide bonds. The van der Waals surface area contributed by atoms with Crippen LogP contribution in [-0.2, 0) is 4.79 Å². The Morgan fingerprint density at radius 2 is 2.10 bits per heavy atom. The number of carbonyl (C=O) groups excluding carboxylic acids is 2. The highest BCUT2D eigenvalue weighted by Gasteiger charge is 2.32. The molecule has 3 rings (SSSR count). The van der Waals surface area contributed by atoms with Crippen molar-refractivity contribution in [3.63, 3.8) is 0 Å². The highest BCUT2D eigenvalue weighted by Crippen LogP contribution is 2.26. The number of para-hydroxylation sites is 1. The van der Waals surface area contributed by atoms with E-state index < -0.39 is 0 Å². The van der Waals surface area contributed by atoms with Gasteiger partial charge in [0.1, 0.15) is 0 Å². The highest BCUT2D eigenvalue weighted by atomic mass is 16.2. The van der Waals surface area contributed by atoms with Crippen LogP contribution in [0.1, 0.15) is 30.1 Å². The van der Waals surface area contributed by atoms with Crippen LogP contribution in [0.2, 0.25) is 0 Å². The standard InChI is InChI=1S/C16H19N3O2/c1-10-5-6-12(15(17)20)9-19(10)16(21)13-4-2-3-11-7-8-18-14(11)13/h2-4,7-8,10,12,18H,5-6,9H2,1H3,(H2,17,20). The summed E-state index contributed by atoms with van der Waals surface area (Å²) >= 11 is 0. The Balaban J connectivity index is 1.93. The van der Waals surface area contributed by atoms with Crippen LogP contribution in [0.4, 0.5) is 0 Å². The van der Waals surface area contributed by atoms with Crippen molar-refractivity contribution in [2.24, 2.45) is 11.7 Å². The number of carbonyl (C=O) groups is 2. The molecule has 1 aliphatic rings. The SMILES string of the molecule is CC1CCC(C(N)=O)CN1C(=O)c1cccc2cc[nH]c12. The molecule has 5 heteroatoms. The van der Waals surface area contributed by atoms with Gasteiger partial charge in [-0.3, -0.25) is 9.59 Å². The molecule has 21 heavy (non-hydrogen) atoms. The molecular formula is C16H19N3O2. The van der Waals surface area contributed by atoms with E-state index in [0.717, 1.165) is 23.7 Å². The minimum Gasteiger partial charge on any atom is -0.369 e. The number of fused-ring (bicyclic) bond motifs is 1. The third-order valence-corrected chi connectivity index (χ3v) is 4.36. The van der Waals surface area contributed by atoms with Crippen molar-refractivity contribution in [2.75, 3.05) is 6.54 Å². The molecule has 2 atom stereocenters. The molecule has 2 aromatic rings. The molecule has 2 unspecified atom stereocenters. The number of nitrogens with two attached hydrogens (primary N) is 1. The number of likely N-dealkylation sites (tertiary alicyclic amines) is 1. The van der Waals surface area contributed by atoms with Gasteiger partial charge in [-0.2, -0.15) is 0 Å². The fourth-order valence-corrected chi connectivity index (χ4v) is 3.04. The minimum absolute atomic E-state index is 0.0403. The first kappa shape index (κ1) is 13.7. The zero-order chi connectivity index (χ0) is 15.0. The minimum atomic E-state index is -0.321. The third-order valence-electron chi connectivity index (χ3n) is 4.36. The number of benzene rings is 1.